The van der Waals surface area contributed by atoms with Crippen LogP contribution in [-0.2, 0) is 14.6 Å². The Labute approximate surface area is 100 Å². The van der Waals surface area contributed by atoms with Crippen molar-refractivity contribution in [1.82, 2.24) is 0 Å². The molecule has 0 aliphatic carbocycles. The van der Waals surface area contributed by atoms with Crippen LogP contribution in [0.25, 0.3) is 0 Å². The monoisotopic (exact) mass is 251 g/mol. The van der Waals surface area contributed by atoms with Gasteiger partial charge in [0.05, 0.1) is 17.5 Å². The number of sulfone groups is 1. The lowest BCUT2D eigenvalue weighted by Gasteiger charge is -2.23. The number of carbonyl (C=O) groups excluding carboxylic acids is 1. The van der Waals surface area contributed by atoms with Crippen molar-refractivity contribution in [3.63, 3.8) is 0 Å². The summed E-state index contributed by atoms with van der Waals surface area (Å²) in [6.07, 6.45) is 0.360. The highest BCUT2D eigenvalue weighted by Crippen LogP contribution is 2.36. The normalized spacial score (nSPS) is 30.6. The number of anilines is 1. The van der Waals surface area contributed by atoms with Crippen LogP contribution in [0.1, 0.15) is 6.42 Å². The Morgan fingerprint density at radius 1 is 1.12 bits per heavy atom. The molecule has 2 saturated heterocycles. The van der Waals surface area contributed by atoms with Crippen LogP contribution in [0.2, 0.25) is 0 Å². The number of carbonyl (C=O) groups is 1. The topological polar surface area (TPSA) is 54.5 Å². The molecular formula is C12H13NO3S. The molecule has 4 nitrogen and oxygen atoms in total. The standard InChI is InChI=1S/C12H13NO3S/c14-12-6-9-7-17(15,16)8-11(9)13(12)10-4-2-1-3-5-10/h1-5,9,11H,6-8H2/t9-,11+/m0/s1. The number of hydrogen-bond donors (Lipinski definition) is 0. The Bertz CT molecular complexity index is 552. The summed E-state index contributed by atoms with van der Waals surface area (Å²) in [5, 5.41) is 0. The molecule has 0 spiro atoms. The fraction of sp³-hybridized carbons (Fsp3) is 0.417. The molecule has 1 amide bonds. The van der Waals surface area contributed by atoms with Gasteiger partial charge in [0, 0.05) is 18.0 Å². The van der Waals surface area contributed by atoms with Crippen molar-refractivity contribution in [3.8, 4) is 0 Å². The molecule has 0 saturated carbocycles. The first-order valence-corrected chi connectivity index (χ1v) is 7.46. The lowest BCUT2D eigenvalue weighted by Crippen LogP contribution is -2.36. The van der Waals surface area contributed by atoms with Gasteiger partial charge < -0.3 is 4.90 Å². The van der Waals surface area contributed by atoms with E-state index in [-0.39, 0.29) is 29.4 Å². The molecular weight excluding hydrogens is 238 g/mol. The second kappa shape index (κ2) is 3.57. The Hall–Kier alpha value is -1.36. The Morgan fingerprint density at radius 2 is 1.82 bits per heavy atom. The van der Waals surface area contributed by atoms with Crippen molar-refractivity contribution in [2.45, 2.75) is 12.5 Å². The van der Waals surface area contributed by atoms with Crippen molar-refractivity contribution in [2.24, 2.45) is 5.92 Å². The summed E-state index contributed by atoms with van der Waals surface area (Å²) in [5.41, 5.74) is 0.808. The summed E-state index contributed by atoms with van der Waals surface area (Å²) in [6.45, 7) is 0. The zero-order valence-corrected chi connectivity index (χ0v) is 10.1. The average molecular weight is 251 g/mol. The molecule has 2 aliphatic heterocycles. The summed E-state index contributed by atoms with van der Waals surface area (Å²) in [5.74, 6) is 0.291. The van der Waals surface area contributed by atoms with Crippen LogP contribution in [0, 0.1) is 5.92 Å². The maximum Gasteiger partial charge on any atom is 0.227 e. The van der Waals surface area contributed by atoms with E-state index in [1.165, 1.54) is 0 Å². The predicted octanol–water partition coefficient (Wildman–Crippen LogP) is 0.836. The second-order valence-electron chi connectivity index (χ2n) is 4.71. The number of amides is 1. The molecule has 2 fully saturated rings. The van der Waals surface area contributed by atoms with Crippen molar-refractivity contribution in [3.05, 3.63) is 30.3 Å². The minimum atomic E-state index is -2.96. The van der Waals surface area contributed by atoms with Crippen molar-refractivity contribution in [2.75, 3.05) is 16.4 Å². The van der Waals surface area contributed by atoms with Gasteiger partial charge in [-0.25, -0.2) is 8.42 Å². The molecule has 0 unspecified atom stereocenters. The van der Waals surface area contributed by atoms with E-state index in [1.807, 2.05) is 30.3 Å². The third-order valence-corrected chi connectivity index (χ3v) is 5.29. The number of benzene rings is 1. The van der Waals surface area contributed by atoms with Crippen LogP contribution < -0.4 is 4.90 Å². The molecule has 1 aromatic carbocycles. The molecule has 0 aromatic heterocycles. The van der Waals surface area contributed by atoms with Gasteiger partial charge in [-0.15, -0.1) is 0 Å². The first-order chi connectivity index (χ1) is 8.07. The molecule has 0 radical (unpaired) electrons. The van der Waals surface area contributed by atoms with Gasteiger partial charge in [-0.3, -0.25) is 4.79 Å². The van der Waals surface area contributed by atoms with Gasteiger partial charge >= 0.3 is 0 Å². The van der Waals surface area contributed by atoms with Crippen molar-refractivity contribution >= 4 is 21.4 Å². The third kappa shape index (κ3) is 1.74. The minimum absolute atomic E-state index is 0.0206. The molecule has 0 N–H and O–H groups in total. The van der Waals surface area contributed by atoms with Gasteiger partial charge in [0.25, 0.3) is 0 Å². The van der Waals surface area contributed by atoms with E-state index in [9.17, 15) is 13.2 Å². The number of hydrogen-bond acceptors (Lipinski definition) is 3. The number of rotatable bonds is 1. The van der Waals surface area contributed by atoms with E-state index in [0.29, 0.717) is 6.42 Å². The maximum absolute atomic E-state index is 11.9. The molecule has 3 rings (SSSR count). The number of fused-ring (bicyclic) bond motifs is 1. The van der Waals surface area contributed by atoms with Crippen LogP contribution in [0.4, 0.5) is 5.69 Å². The first-order valence-electron chi connectivity index (χ1n) is 5.64. The molecule has 0 bridgehead atoms. The van der Waals surface area contributed by atoms with E-state index < -0.39 is 9.84 Å². The second-order valence-corrected chi connectivity index (χ2v) is 6.86. The van der Waals surface area contributed by atoms with Crippen molar-refractivity contribution in [1.29, 1.82) is 0 Å². The largest absolute Gasteiger partial charge is 0.308 e. The van der Waals surface area contributed by atoms with Gasteiger partial charge in [0.15, 0.2) is 9.84 Å². The van der Waals surface area contributed by atoms with Crippen LogP contribution in [-0.4, -0.2) is 31.9 Å². The SMILES string of the molecule is O=C1C[C@H]2CS(=O)(=O)C[C@H]2N1c1ccccc1. The molecule has 5 heteroatoms. The van der Waals surface area contributed by atoms with Crippen LogP contribution in [0.5, 0.6) is 0 Å². The van der Waals surface area contributed by atoms with Crippen LogP contribution in [0.15, 0.2) is 30.3 Å². The smallest absolute Gasteiger partial charge is 0.227 e. The molecule has 1 aromatic rings. The zero-order valence-electron chi connectivity index (χ0n) is 9.24. The Balaban J connectivity index is 1.98. The summed E-state index contributed by atoms with van der Waals surface area (Å²) in [4.78, 5) is 13.6. The van der Waals surface area contributed by atoms with Gasteiger partial charge in [-0.05, 0) is 12.1 Å². The average Bonchev–Trinajstić information content (AvgIpc) is 2.69. The molecule has 17 heavy (non-hydrogen) atoms. The van der Waals surface area contributed by atoms with Gasteiger partial charge in [0.1, 0.15) is 0 Å². The summed E-state index contributed by atoms with van der Waals surface area (Å²) in [7, 11) is -2.96. The summed E-state index contributed by atoms with van der Waals surface area (Å²) < 4.78 is 23.2. The lowest BCUT2D eigenvalue weighted by atomic mass is 10.1. The fourth-order valence-corrected chi connectivity index (χ4v) is 4.88. The van der Waals surface area contributed by atoms with E-state index >= 15 is 0 Å². The van der Waals surface area contributed by atoms with Gasteiger partial charge in [-0.2, -0.15) is 0 Å². The van der Waals surface area contributed by atoms with E-state index in [0.717, 1.165) is 5.69 Å². The Morgan fingerprint density at radius 3 is 2.53 bits per heavy atom. The Kier molecular flexibility index (Phi) is 2.26. The zero-order chi connectivity index (χ0) is 12.0. The number of nitrogens with zero attached hydrogens (tertiary/aromatic N) is 1. The number of para-hydroxylation sites is 1. The highest BCUT2D eigenvalue weighted by atomic mass is 32.2. The molecule has 90 valence electrons. The summed E-state index contributed by atoms with van der Waals surface area (Å²) in [6, 6.07) is 9.15. The summed E-state index contributed by atoms with van der Waals surface area (Å²) >= 11 is 0. The van der Waals surface area contributed by atoms with Crippen LogP contribution >= 0.6 is 0 Å². The highest BCUT2D eigenvalue weighted by Gasteiger charge is 2.49. The predicted molar refractivity (Wildman–Crippen MR) is 64.5 cm³/mol. The van der Waals surface area contributed by atoms with E-state index in [4.69, 9.17) is 0 Å². The van der Waals surface area contributed by atoms with Crippen molar-refractivity contribution < 1.29 is 13.2 Å². The molecule has 2 aliphatic rings. The maximum atomic E-state index is 11.9. The minimum Gasteiger partial charge on any atom is -0.308 e. The third-order valence-electron chi connectivity index (χ3n) is 3.51. The highest BCUT2D eigenvalue weighted by molar-refractivity contribution is 7.91. The van der Waals surface area contributed by atoms with E-state index in [2.05, 4.69) is 0 Å². The van der Waals surface area contributed by atoms with Gasteiger partial charge in [0.2, 0.25) is 5.91 Å². The van der Waals surface area contributed by atoms with Crippen LogP contribution in [0.3, 0.4) is 0 Å². The molecule has 2 heterocycles. The van der Waals surface area contributed by atoms with E-state index in [1.54, 1.807) is 4.90 Å². The quantitative estimate of drug-likeness (QED) is 0.743. The lowest BCUT2D eigenvalue weighted by molar-refractivity contribution is -0.117. The molecule has 2 atom stereocenters. The van der Waals surface area contributed by atoms with Gasteiger partial charge in [-0.1, -0.05) is 18.2 Å². The first kappa shape index (κ1) is 10.8. The fourth-order valence-electron chi connectivity index (χ4n) is 2.81.